The van der Waals surface area contributed by atoms with Gasteiger partial charge in [0, 0.05) is 18.7 Å². The molecule has 1 aromatic rings. The molecular weight excluding hydrogens is 268 g/mol. The lowest BCUT2D eigenvalue weighted by atomic mass is 9.88. The zero-order valence-corrected chi connectivity index (χ0v) is 12.9. The summed E-state index contributed by atoms with van der Waals surface area (Å²) in [5.74, 6) is -0.252. The van der Waals surface area contributed by atoms with Crippen molar-refractivity contribution < 1.29 is 14.7 Å². The topological polar surface area (TPSA) is 79.3 Å². The fourth-order valence-electron chi connectivity index (χ4n) is 2.25. The maximum absolute atomic E-state index is 11.9. The van der Waals surface area contributed by atoms with Gasteiger partial charge in [-0.2, -0.15) is 0 Å². The van der Waals surface area contributed by atoms with Crippen molar-refractivity contribution >= 4 is 11.9 Å². The Labute approximate surface area is 125 Å². The van der Waals surface area contributed by atoms with Crippen LogP contribution in [0.1, 0.15) is 49.3 Å². The van der Waals surface area contributed by atoms with Crippen LogP contribution in [0, 0.1) is 18.8 Å². The predicted molar refractivity (Wildman–Crippen MR) is 81.1 cm³/mol. The van der Waals surface area contributed by atoms with Gasteiger partial charge in [-0.25, -0.2) is 4.98 Å². The Morgan fingerprint density at radius 1 is 1.29 bits per heavy atom. The monoisotopic (exact) mass is 292 g/mol. The van der Waals surface area contributed by atoms with Crippen LogP contribution in [-0.2, 0) is 4.79 Å². The van der Waals surface area contributed by atoms with Gasteiger partial charge in [-0.05, 0) is 43.7 Å². The Hall–Kier alpha value is -1.91. The molecule has 0 fully saturated rings. The number of carboxylic acids is 1. The number of hydrogen-bond acceptors (Lipinski definition) is 3. The number of rotatable bonds is 8. The average molecular weight is 292 g/mol. The quantitative estimate of drug-likeness (QED) is 0.772. The largest absolute Gasteiger partial charge is 0.481 e. The summed E-state index contributed by atoms with van der Waals surface area (Å²) < 4.78 is 0. The number of carbonyl (C=O) groups excluding carboxylic acids is 1. The van der Waals surface area contributed by atoms with E-state index in [9.17, 15) is 9.59 Å². The zero-order chi connectivity index (χ0) is 15.8. The number of hydrogen-bond donors (Lipinski definition) is 2. The molecule has 0 aliphatic carbocycles. The highest BCUT2D eigenvalue weighted by atomic mass is 16.4. The molecule has 1 heterocycles. The summed E-state index contributed by atoms with van der Waals surface area (Å²) in [5.41, 5.74) is 1.23. The first-order valence-corrected chi connectivity index (χ1v) is 7.33. The lowest BCUT2D eigenvalue weighted by molar-refractivity contribution is -0.137. The molecule has 1 atom stereocenters. The maximum atomic E-state index is 11.9. The molecule has 1 unspecified atom stereocenters. The first kappa shape index (κ1) is 17.1. The van der Waals surface area contributed by atoms with Crippen molar-refractivity contribution in [3.05, 3.63) is 29.6 Å². The molecule has 0 bridgehead atoms. The van der Waals surface area contributed by atoms with E-state index in [0.717, 1.165) is 12.1 Å². The number of nitrogens with zero attached hydrogens (tertiary/aromatic N) is 1. The van der Waals surface area contributed by atoms with E-state index in [2.05, 4.69) is 24.1 Å². The van der Waals surface area contributed by atoms with E-state index in [1.54, 1.807) is 12.1 Å². The van der Waals surface area contributed by atoms with Gasteiger partial charge in [-0.3, -0.25) is 9.59 Å². The van der Waals surface area contributed by atoms with E-state index >= 15 is 0 Å². The SMILES string of the molecule is Cc1cccc(C(=O)NCCC(CCC(=O)O)C(C)C)n1. The maximum Gasteiger partial charge on any atom is 0.303 e. The first-order chi connectivity index (χ1) is 9.90. The molecule has 2 N–H and O–H groups in total. The lowest BCUT2D eigenvalue weighted by Gasteiger charge is -2.20. The van der Waals surface area contributed by atoms with Crippen molar-refractivity contribution in [3.63, 3.8) is 0 Å². The second-order valence-electron chi connectivity index (χ2n) is 5.65. The summed E-state index contributed by atoms with van der Waals surface area (Å²) in [4.78, 5) is 26.8. The second-order valence-corrected chi connectivity index (χ2v) is 5.65. The van der Waals surface area contributed by atoms with Gasteiger partial charge < -0.3 is 10.4 Å². The van der Waals surface area contributed by atoms with Gasteiger partial charge >= 0.3 is 5.97 Å². The molecule has 116 valence electrons. The molecule has 21 heavy (non-hydrogen) atoms. The average Bonchev–Trinajstić information content (AvgIpc) is 2.41. The van der Waals surface area contributed by atoms with Crippen LogP contribution in [0.25, 0.3) is 0 Å². The summed E-state index contributed by atoms with van der Waals surface area (Å²) in [5, 5.41) is 11.6. The molecule has 1 rings (SSSR count). The molecule has 0 saturated heterocycles. The van der Waals surface area contributed by atoms with Crippen LogP contribution in [0.5, 0.6) is 0 Å². The predicted octanol–water partition coefficient (Wildman–Crippen LogP) is 2.65. The Morgan fingerprint density at radius 2 is 2.00 bits per heavy atom. The fourth-order valence-corrected chi connectivity index (χ4v) is 2.25. The molecule has 5 heteroatoms. The Kier molecular flexibility index (Phi) is 6.85. The van der Waals surface area contributed by atoms with Crippen LogP contribution < -0.4 is 5.32 Å². The fraction of sp³-hybridized carbons (Fsp3) is 0.562. The minimum atomic E-state index is -0.770. The van der Waals surface area contributed by atoms with Gasteiger partial charge in [-0.1, -0.05) is 19.9 Å². The highest BCUT2D eigenvalue weighted by Gasteiger charge is 2.15. The van der Waals surface area contributed by atoms with E-state index in [-0.39, 0.29) is 12.3 Å². The van der Waals surface area contributed by atoms with E-state index in [0.29, 0.717) is 30.5 Å². The normalized spacial score (nSPS) is 12.2. The number of aromatic nitrogens is 1. The number of carbonyl (C=O) groups is 2. The van der Waals surface area contributed by atoms with Gasteiger partial charge in [0.05, 0.1) is 0 Å². The van der Waals surface area contributed by atoms with Crippen molar-refractivity contribution in [2.45, 2.75) is 40.0 Å². The molecule has 1 amide bonds. The van der Waals surface area contributed by atoms with Crippen LogP contribution in [0.3, 0.4) is 0 Å². The molecule has 0 radical (unpaired) electrons. The van der Waals surface area contributed by atoms with Crippen molar-refractivity contribution in [2.24, 2.45) is 11.8 Å². The minimum absolute atomic E-state index is 0.177. The van der Waals surface area contributed by atoms with Crippen molar-refractivity contribution in [1.82, 2.24) is 10.3 Å². The second kappa shape index (κ2) is 8.39. The van der Waals surface area contributed by atoms with E-state index in [1.807, 2.05) is 13.0 Å². The Morgan fingerprint density at radius 3 is 2.57 bits per heavy atom. The molecule has 0 spiro atoms. The first-order valence-electron chi connectivity index (χ1n) is 7.33. The molecule has 0 saturated carbocycles. The lowest BCUT2D eigenvalue weighted by Crippen LogP contribution is -2.28. The molecule has 1 aromatic heterocycles. The van der Waals surface area contributed by atoms with Crippen LogP contribution in [0.2, 0.25) is 0 Å². The highest BCUT2D eigenvalue weighted by Crippen LogP contribution is 2.20. The van der Waals surface area contributed by atoms with Gasteiger partial charge in [0.1, 0.15) is 5.69 Å². The highest BCUT2D eigenvalue weighted by molar-refractivity contribution is 5.92. The van der Waals surface area contributed by atoms with Crippen molar-refractivity contribution in [1.29, 1.82) is 0 Å². The summed E-state index contributed by atoms with van der Waals surface area (Å²) in [6.07, 6.45) is 1.60. The molecule has 0 aromatic carbocycles. The van der Waals surface area contributed by atoms with Crippen LogP contribution in [0.15, 0.2) is 18.2 Å². The summed E-state index contributed by atoms with van der Waals surface area (Å²) in [7, 11) is 0. The summed E-state index contributed by atoms with van der Waals surface area (Å²) in [6, 6.07) is 5.34. The number of nitrogens with one attached hydrogen (secondary N) is 1. The van der Waals surface area contributed by atoms with E-state index in [4.69, 9.17) is 5.11 Å². The molecule has 0 aliphatic heterocycles. The third-order valence-electron chi connectivity index (χ3n) is 3.59. The molecule has 0 aliphatic rings. The number of amides is 1. The third kappa shape index (κ3) is 6.38. The van der Waals surface area contributed by atoms with Gasteiger partial charge in [0.2, 0.25) is 0 Å². The van der Waals surface area contributed by atoms with Gasteiger partial charge in [-0.15, -0.1) is 0 Å². The van der Waals surface area contributed by atoms with E-state index in [1.165, 1.54) is 0 Å². The zero-order valence-electron chi connectivity index (χ0n) is 12.9. The minimum Gasteiger partial charge on any atom is -0.481 e. The number of aliphatic carboxylic acids is 1. The van der Waals surface area contributed by atoms with Crippen molar-refractivity contribution in [3.8, 4) is 0 Å². The molecule has 5 nitrogen and oxygen atoms in total. The van der Waals surface area contributed by atoms with Crippen molar-refractivity contribution in [2.75, 3.05) is 6.54 Å². The Bertz CT molecular complexity index is 486. The number of pyridine rings is 1. The van der Waals surface area contributed by atoms with Gasteiger partial charge in [0.15, 0.2) is 0 Å². The Balaban J connectivity index is 2.43. The smallest absolute Gasteiger partial charge is 0.303 e. The van der Waals surface area contributed by atoms with E-state index < -0.39 is 5.97 Å². The summed E-state index contributed by atoms with van der Waals surface area (Å²) in [6.45, 7) is 6.54. The standard InChI is InChI=1S/C16H24N2O3/c1-11(2)13(7-8-15(19)20)9-10-17-16(21)14-6-4-5-12(3)18-14/h4-6,11,13H,7-10H2,1-3H3,(H,17,21)(H,19,20). The van der Waals surface area contributed by atoms with Crippen LogP contribution in [-0.4, -0.2) is 28.5 Å². The van der Waals surface area contributed by atoms with Crippen LogP contribution in [0.4, 0.5) is 0 Å². The van der Waals surface area contributed by atoms with Crippen LogP contribution >= 0.6 is 0 Å². The third-order valence-corrected chi connectivity index (χ3v) is 3.59. The molecular formula is C16H24N2O3. The number of carboxylic acid groups (broad SMARTS) is 1. The van der Waals surface area contributed by atoms with Gasteiger partial charge in [0.25, 0.3) is 5.91 Å². The summed E-state index contributed by atoms with van der Waals surface area (Å²) >= 11 is 0. The number of aryl methyl sites for hydroxylation is 1.